The van der Waals surface area contributed by atoms with E-state index in [1.165, 1.54) is 0 Å². The summed E-state index contributed by atoms with van der Waals surface area (Å²) in [5.41, 5.74) is 0. The van der Waals surface area contributed by atoms with Gasteiger partial charge in [-0.2, -0.15) is 0 Å². The molecular weight excluding hydrogens is 129 g/mol. The molecule has 0 bridgehead atoms. The molecule has 0 aliphatic rings. The lowest BCUT2D eigenvalue weighted by molar-refractivity contribution is 0.592. The summed E-state index contributed by atoms with van der Waals surface area (Å²) < 4.78 is 22.5. The molecule has 0 saturated heterocycles. The summed E-state index contributed by atoms with van der Waals surface area (Å²) in [4.78, 5) is 0. The third-order valence-electron chi connectivity index (χ3n) is 0.436. The number of terminal acetylenes is 1. The Balaban J connectivity index is 3.63. The second kappa shape index (κ2) is 2.70. The van der Waals surface area contributed by atoms with Crippen LogP contribution in [-0.2, 0) is 10.0 Å². The lowest BCUT2D eigenvalue weighted by Crippen LogP contribution is -2.21. The molecule has 0 rings (SSSR count). The first-order chi connectivity index (χ1) is 3.56. The van der Waals surface area contributed by atoms with Crippen molar-refractivity contribution in [3.8, 4) is 12.3 Å². The maximum Gasteiger partial charge on any atom is 0.209 e. The van der Waals surface area contributed by atoms with E-state index in [9.17, 15) is 8.42 Å². The lowest BCUT2D eigenvalue weighted by Gasteiger charge is -1.91. The van der Waals surface area contributed by atoms with Gasteiger partial charge in [0, 0.05) is 0 Å². The van der Waals surface area contributed by atoms with Crippen molar-refractivity contribution in [1.29, 1.82) is 0 Å². The monoisotopic (exact) mass is 136 g/mol. The molecule has 0 radical (unpaired) electrons. The van der Waals surface area contributed by atoms with Crippen molar-refractivity contribution < 1.29 is 8.42 Å². The number of hydrogen-bond acceptors (Lipinski definition) is 2. The quantitative estimate of drug-likeness (QED) is 0.503. The van der Waals surface area contributed by atoms with Crippen LogP contribution in [-0.4, -0.2) is 21.2 Å². The van der Waals surface area contributed by atoms with E-state index in [0.29, 0.717) is 0 Å². The minimum Gasteiger partial charge on any atom is -0.213 e. The van der Waals surface area contributed by atoms with Crippen molar-refractivity contribution in [3.05, 3.63) is 0 Å². The SMILES string of the molecule is C#CCN[35S](C)(=O)=O. The van der Waals surface area contributed by atoms with Gasteiger partial charge in [-0.25, -0.2) is 13.1 Å². The van der Waals surface area contributed by atoms with E-state index in [-0.39, 0.29) is 6.54 Å². The molecule has 0 atom stereocenters. The molecule has 0 aliphatic carbocycles. The topological polar surface area (TPSA) is 46.2 Å². The highest BCUT2D eigenvalue weighted by molar-refractivity contribution is 7.88. The molecule has 0 fully saturated rings. The highest BCUT2D eigenvalue weighted by atomic mass is 35.1. The third kappa shape index (κ3) is 5.47. The molecule has 0 aromatic rings. The summed E-state index contributed by atoms with van der Waals surface area (Å²) in [5.74, 6) is 2.13. The van der Waals surface area contributed by atoms with Crippen LogP contribution in [0.4, 0.5) is 0 Å². The molecule has 8 heavy (non-hydrogen) atoms. The maximum atomic E-state index is 10.2. The van der Waals surface area contributed by atoms with Crippen molar-refractivity contribution in [2.24, 2.45) is 0 Å². The van der Waals surface area contributed by atoms with E-state index in [1.807, 2.05) is 0 Å². The van der Waals surface area contributed by atoms with Gasteiger partial charge in [-0.05, 0) is 0 Å². The smallest absolute Gasteiger partial charge is 0.209 e. The molecule has 0 amide bonds. The molecule has 0 heterocycles. The van der Waals surface area contributed by atoms with Gasteiger partial charge in [0.25, 0.3) is 0 Å². The number of nitrogens with one attached hydrogen (secondary N) is 1. The van der Waals surface area contributed by atoms with Gasteiger partial charge >= 0.3 is 0 Å². The summed E-state index contributed by atoms with van der Waals surface area (Å²) >= 11 is 0. The fourth-order valence-electron chi connectivity index (χ4n) is 0.173. The standard InChI is InChI=1S/C4H7NO2S/c1-3-4-5-8(2,6)7/h1,5H,4H2,2H3/i8+3. The van der Waals surface area contributed by atoms with Crippen molar-refractivity contribution >= 4 is 10.0 Å². The van der Waals surface area contributed by atoms with Crippen LogP contribution < -0.4 is 4.72 Å². The highest BCUT2D eigenvalue weighted by Crippen LogP contribution is 1.68. The van der Waals surface area contributed by atoms with Crippen LogP contribution in [0.5, 0.6) is 0 Å². The lowest BCUT2D eigenvalue weighted by atomic mass is 10.7. The molecule has 0 aromatic carbocycles. The van der Waals surface area contributed by atoms with Gasteiger partial charge in [0.1, 0.15) is 0 Å². The zero-order valence-corrected chi connectivity index (χ0v) is 5.33. The second-order valence-corrected chi connectivity index (χ2v) is 3.13. The molecule has 0 saturated carbocycles. The van der Waals surface area contributed by atoms with E-state index in [0.717, 1.165) is 6.26 Å². The van der Waals surface area contributed by atoms with Gasteiger partial charge < -0.3 is 0 Å². The largest absolute Gasteiger partial charge is 0.213 e. The van der Waals surface area contributed by atoms with Crippen molar-refractivity contribution in [2.75, 3.05) is 12.8 Å². The Bertz CT molecular complexity index is 187. The van der Waals surface area contributed by atoms with Gasteiger partial charge in [-0.1, -0.05) is 5.92 Å². The van der Waals surface area contributed by atoms with E-state index < -0.39 is 10.0 Å². The maximum absolute atomic E-state index is 10.2. The molecule has 0 unspecified atom stereocenters. The van der Waals surface area contributed by atoms with Crippen LogP contribution in [0.2, 0.25) is 0 Å². The van der Waals surface area contributed by atoms with E-state index in [1.54, 1.807) is 0 Å². The van der Waals surface area contributed by atoms with E-state index in [2.05, 4.69) is 10.6 Å². The molecule has 46 valence electrons. The number of hydrogen-bond donors (Lipinski definition) is 1. The molecule has 0 aromatic heterocycles. The van der Waals surface area contributed by atoms with Crippen LogP contribution >= 0.6 is 0 Å². The Morgan fingerprint density at radius 1 is 1.75 bits per heavy atom. The first kappa shape index (κ1) is 7.47. The predicted octanol–water partition coefficient (Wildman–Crippen LogP) is -0.831. The predicted molar refractivity (Wildman–Crippen MR) is 31.7 cm³/mol. The summed E-state index contributed by atoms with van der Waals surface area (Å²) in [6.07, 6.45) is 5.82. The van der Waals surface area contributed by atoms with E-state index in [4.69, 9.17) is 6.42 Å². The summed E-state index contributed by atoms with van der Waals surface area (Å²) in [6.45, 7) is 0.0683. The Morgan fingerprint density at radius 3 is 2.38 bits per heavy atom. The Morgan fingerprint density at radius 2 is 2.25 bits per heavy atom. The average Bonchev–Trinajstić information content (AvgIpc) is 1.59. The Kier molecular flexibility index (Phi) is 2.52. The number of sulfonamides is 1. The minimum absolute atomic E-state index is 0.0683. The van der Waals surface area contributed by atoms with Crippen molar-refractivity contribution in [3.63, 3.8) is 0 Å². The average molecular weight is 136 g/mol. The molecule has 1 N–H and O–H groups in total. The van der Waals surface area contributed by atoms with Crippen LogP contribution in [0.25, 0.3) is 0 Å². The fraction of sp³-hybridized carbons (Fsp3) is 0.500. The van der Waals surface area contributed by atoms with Crippen molar-refractivity contribution in [1.82, 2.24) is 4.72 Å². The van der Waals surface area contributed by atoms with Gasteiger partial charge in [0.05, 0.1) is 12.8 Å². The van der Waals surface area contributed by atoms with Crippen LogP contribution in [0, 0.1) is 12.3 Å². The second-order valence-electron chi connectivity index (χ2n) is 1.30. The van der Waals surface area contributed by atoms with Gasteiger partial charge in [-0.3, -0.25) is 0 Å². The fourth-order valence-corrected chi connectivity index (χ4v) is 0.518. The Hall–Kier alpha value is -0.530. The first-order valence-corrected chi connectivity index (χ1v) is 3.83. The molecule has 3 nitrogen and oxygen atoms in total. The normalized spacial score (nSPS) is 10.5. The summed E-state index contributed by atoms with van der Waals surface area (Å²) in [5, 5.41) is 0. The Labute approximate surface area is 49.1 Å². The zero-order chi connectivity index (χ0) is 6.62. The van der Waals surface area contributed by atoms with Gasteiger partial charge in [-0.15, -0.1) is 6.42 Å². The highest BCUT2D eigenvalue weighted by Gasteiger charge is 1.94. The van der Waals surface area contributed by atoms with E-state index >= 15 is 0 Å². The third-order valence-corrected chi connectivity index (χ3v) is 1.11. The number of rotatable bonds is 2. The van der Waals surface area contributed by atoms with Crippen LogP contribution in [0.3, 0.4) is 0 Å². The van der Waals surface area contributed by atoms with Crippen molar-refractivity contribution in [2.45, 2.75) is 0 Å². The first-order valence-electron chi connectivity index (χ1n) is 1.94. The molecular formula is C4H7NO2S. The van der Waals surface area contributed by atoms with Crippen LogP contribution in [0.1, 0.15) is 0 Å². The minimum atomic E-state index is -3.08. The summed E-state index contributed by atoms with van der Waals surface area (Å²) in [7, 11) is -3.08. The zero-order valence-electron chi connectivity index (χ0n) is 4.51. The molecule has 0 aliphatic heterocycles. The summed E-state index contributed by atoms with van der Waals surface area (Å²) in [6, 6.07) is 0. The van der Waals surface area contributed by atoms with Crippen LogP contribution in [0.15, 0.2) is 0 Å². The molecule has 4 heteroatoms. The van der Waals surface area contributed by atoms with Gasteiger partial charge in [0.2, 0.25) is 10.0 Å². The van der Waals surface area contributed by atoms with Gasteiger partial charge in [0.15, 0.2) is 0 Å². The molecule has 0 spiro atoms.